The molecule has 2 heterocycles. The molecule has 1 N–H and O–H groups in total. The number of nitrogens with zero attached hydrogens (tertiary/aromatic N) is 3. The summed E-state index contributed by atoms with van der Waals surface area (Å²) in [6.07, 6.45) is 20.8. The zero-order valence-electron chi connectivity index (χ0n) is 26.6. The Morgan fingerprint density at radius 2 is 1.50 bits per heavy atom. The van der Waals surface area contributed by atoms with Gasteiger partial charge in [-0.05, 0) is 50.5 Å². The normalized spacial score (nSPS) is 10.5. The SMILES string of the molecule is C=c1c(C(=O)Nc2ccc(OCCCCCCCCCCCCCCCC)cc2)nc2c(C(=O)OC#CC#CC)c(C)nn12.[HH]. The highest BCUT2D eigenvalue weighted by atomic mass is 16.5. The fourth-order valence-electron chi connectivity index (χ4n) is 5.02. The Morgan fingerprint density at radius 3 is 2.09 bits per heavy atom. The van der Waals surface area contributed by atoms with Gasteiger partial charge in [0.25, 0.3) is 5.91 Å². The van der Waals surface area contributed by atoms with Crippen molar-refractivity contribution in [1.82, 2.24) is 14.6 Å². The summed E-state index contributed by atoms with van der Waals surface area (Å²) in [6, 6.07) is 7.22. The maximum absolute atomic E-state index is 13.0. The Balaban J connectivity index is 0.00000705. The van der Waals surface area contributed by atoms with Crippen LogP contribution in [0.3, 0.4) is 0 Å². The van der Waals surface area contributed by atoms with Crippen molar-refractivity contribution in [3.05, 3.63) is 46.6 Å². The molecule has 0 spiro atoms. The molecule has 3 rings (SSSR count). The standard InChI is InChI=1S/C36H46N4O4.H2/c1-5-7-9-10-11-12-13-14-15-16-17-18-19-21-26-43-31-24-22-30(23-25-31)37-35(41)33-29(4)40-34(38-33)32(28(3)39-40)36(42)44-27-20-8-6-2;/h22-25H,4-5,7,9-19,21,26H2,1-3H3,(H,37,41);1H. The summed E-state index contributed by atoms with van der Waals surface area (Å²) in [5, 5.41) is 7.38. The van der Waals surface area contributed by atoms with Crippen molar-refractivity contribution >= 4 is 29.8 Å². The number of carbonyl (C=O) groups excluding carboxylic acids is 2. The van der Waals surface area contributed by atoms with Crippen LogP contribution in [-0.4, -0.2) is 33.1 Å². The number of aromatic nitrogens is 3. The zero-order chi connectivity index (χ0) is 31.6. The van der Waals surface area contributed by atoms with Gasteiger partial charge in [-0.3, -0.25) is 4.79 Å². The number of benzene rings is 1. The summed E-state index contributed by atoms with van der Waals surface area (Å²) in [7, 11) is 0. The Morgan fingerprint density at radius 1 is 0.909 bits per heavy atom. The molecule has 1 amide bonds. The van der Waals surface area contributed by atoms with E-state index >= 15 is 0 Å². The maximum atomic E-state index is 13.0. The summed E-state index contributed by atoms with van der Waals surface area (Å²) >= 11 is 0. The number of amides is 1. The first-order valence-electron chi connectivity index (χ1n) is 16.0. The highest BCUT2D eigenvalue weighted by molar-refractivity contribution is 6.04. The number of hydrogen-bond donors (Lipinski definition) is 1. The topological polar surface area (TPSA) is 94.8 Å². The van der Waals surface area contributed by atoms with Crippen LogP contribution in [0.5, 0.6) is 5.75 Å². The van der Waals surface area contributed by atoms with Crippen LogP contribution < -0.4 is 15.4 Å². The number of unbranched alkanes of at least 4 members (excludes halogenated alkanes) is 13. The van der Waals surface area contributed by atoms with E-state index in [1.165, 1.54) is 88.0 Å². The average molecular weight is 601 g/mol. The second-order valence-corrected chi connectivity index (χ2v) is 11.0. The quantitative estimate of drug-likeness (QED) is 0.0862. The van der Waals surface area contributed by atoms with Crippen LogP contribution >= 0.6 is 0 Å². The van der Waals surface area contributed by atoms with Crippen LogP contribution in [0.25, 0.3) is 12.2 Å². The van der Waals surface area contributed by atoms with Crippen LogP contribution in [0.1, 0.15) is 132 Å². The van der Waals surface area contributed by atoms with Crippen molar-refractivity contribution in [2.45, 2.75) is 111 Å². The molecular formula is C36H48N4O4. The maximum Gasteiger partial charge on any atom is 0.357 e. The summed E-state index contributed by atoms with van der Waals surface area (Å²) in [4.78, 5) is 29.9. The molecule has 0 bridgehead atoms. The van der Waals surface area contributed by atoms with E-state index in [1.807, 2.05) is 12.1 Å². The van der Waals surface area contributed by atoms with Crippen molar-refractivity contribution in [1.29, 1.82) is 0 Å². The van der Waals surface area contributed by atoms with E-state index in [-0.39, 0.29) is 23.7 Å². The third-order valence-corrected chi connectivity index (χ3v) is 7.46. The number of carbonyl (C=O) groups is 2. The highest BCUT2D eigenvalue weighted by Gasteiger charge is 2.24. The molecule has 0 unspecified atom stereocenters. The van der Waals surface area contributed by atoms with Gasteiger partial charge in [-0.25, -0.2) is 14.3 Å². The van der Waals surface area contributed by atoms with Crippen molar-refractivity contribution in [3.63, 3.8) is 0 Å². The predicted octanol–water partition coefficient (Wildman–Crippen LogP) is 7.67. The van der Waals surface area contributed by atoms with E-state index < -0.39 is 11.9 Å². The Labute approximate surface area is 263 Å². The average Bonchev–Trinajstić information content (AvgIpc) is 3.51. The molecule has 3 aromatic rings. The molecule has 8 nitrogen and oxygen atoms in total. The summed E-state index contributed by atoms with van der Waals surface area (Å²) < 4.78 is 12.2. The van der Waals surface area contributed by atoms with Crippen LogP contribution in [0.2, 0.25) is 0 Å². The number of rotatable bonds is 19. The number of ether oxygens (including phenoxy) is 2. The minimum atomic E-state index is -0.725. The number of nitrogens with one attached hydrogen (secondary N) is 1. The second kappa shape index (κ2) is 19.1. The third kappa shape index (κ3) is 10.8. The first-order chi connectivity index (χ1) is 21.5. The second-order valence-electron chi connectivity index (χ2n) is 11.0. The van der Waals surface area contributed by atoms with Crippen molar-refractivity contribution in [2.24, 2.45) is 0 Å². The van der Waals surface area contributed by atoms with Crippen molar-refractivity contribution < 1.29 is 20.5 Å². The molecule has 0 saturated carbocycles. The molecular weight excluding hydrogens is 552 g/mol. The van der Waals surface area contributed by atoms with E-state index in [2.05, 4.69) is 52.8 Å². The van der Waals surface area contributed by atoms with Crippen LogP contribution in [0, 0.1) is 30.8 Å². The van der Waals surface area contributed by atoms with E-state index in [9.17, 15) is 9.59 Å². The van der Waals surface area contributed by atoms with E-state index in [0.29, 0.717) is 18.0 Å². The van der Waals surface area contributed by atoms with Gasteiger partial charge in [0.05, 0.1) is 17.6 Å². The van der Waals surface area contributed by atoms with Gasteiger partial charge >= 0.3 is 5.97 Å². The van der Waals surface area contributed by atoms with Gasteiger partial charge in [-0.1, -0.05) is 103 Å². The third-order valence-electron chi connectivity index (χ3n) is 7.46. The van der Waals surface area contributed by atoms with Crippen molar-refractivity contribution in [2.75, 3.05) is 11.9 Å². The Hall–Kier alpha value is -4.30. The molecule has 236 valence electrons. The monoisotopic (exact) mass is 600 g/mol. The fraction of sp³-hybridized carbons (Fsp3) is 0.500. The minimum absolute atomic E-state index is 0. The number of aryl methyl sites for hydroxylation is 1. The van der Waals surface area contributed by atoms with Gasteiger partial charge in [0.1, 0.15) is 17.4 Å². The van der Waals surface area contributed by atoms with Gasteiger partial charge in [-0.2, -0.15) is 5.10 Å². The molecule has 0 radical (unpaired) electrons. The van der Waals surface area contributed by atoms with Crippen LogP contribution in [0.4, 0.5) is 5.69 Å². The lowest BCUT2D eigenvalue weighted by Crippen LogP contribution is -2.22. The number of imidazole rings is 1. The number of anilines is 1. The molecule has 44 heavy (non-hydrogen) atoms. The van der Waals surface area contributed by atoms with Crippen molar-refractivity contribution in [3.8, 4) is 29.6 Å². The number of hydrogen-bond acceptors (Lipinski definition) is 6. The summed E-state index contributed by atoms with van der Waals surface area (Å²) in [5.41, 5.74) is 1.33. The van der Waals surface area contributed by atoms with Gasteiger partial charge in [0, 0.05) is 13.0 Å². The fourth-order valence-corrected chi connectivity index (χ4v) is 5.02. The highest BCUT2D eigenvalue weighted by Crippen LogP contribution is 2.19. The Kier molecular flexibility index (Phi) is 14.8. The van der Waals surface area contributed by atoms with Crippen LogP contribution in [-0.2, 0) is 4.74 Å². The zero-order valence-corrected chi connectivity index (χ0v) is 26.6. The summed E-state index contributed by atoms with van der Waals surface area (Å²) in [6.45, 7) is 10.2. The lowest BCUT2D eigenvalue weighted by atomic mass is 10.0. The minimum Gasteiger partial charge on any atom is -0.494 e. The largest absolute Gasteiger partial charge is 0.494 e. The molecule has 0 aliphatic rings. The smallest absolute Gasteiger partial charge is 0.357 e. The lowest BCUT2D eigenvalue weighted by Gasteiger charge is -2.08. The molecule has 8 heteroatoms. The van der Waals surface area contributed by atoms with E-state index in [4.69, 9.17) is 9.47 Å². The number of fused-ring (bicyclic) bond motifs is 1. The number of esters is 1. The molecule has 0 aliphatic carbocycles. The summed E-state index contributed by atoms with van der Waals surface area (Å²) in [5.74, 6) is 7.05. The van der Waals surface area contributed by atoms with E-state index in [0.717, 1.165) is 12.2 Å². The van der Waals surface area contributed by atoms with Gasteiger partial charge in [0.15, 0.2) is 11.3 Å². The Bertz CT molecular complexity index is 1530. The molecule has 0 fully saturated rings. The van der Waals surface area contributed by atoms with Gasteiger partial charge < -0.3 is 14.8 Å². The first kappa shape index (κ1) is 34.2. The lowest BCUT2D eigenvalue weighted by molar-refractivity contribution is 0.0691. The molecule has 0 atom stereocenters. The van der Waals surface area contributed by atoms with Gasteiger partial charge in [0.2, 0.25) is 0 Å². The molecule has 0 aliphatic heterocycles. The predicted molar refractivity (Wildman–Crippen MR) is 177 cm³/mol. The van der Waals surface area contributed by atoms with E-state index in [1.54, 1.807) is 26.0 Å². The van der Waals surface area contributed by atoms with Gasteiger partial charge in [-0.15, -0.1) is 0 Å². The molecule has 0 saturated heterocycles. The molecule has 2 aromatic heterocycles. The first-order valence-corrected chi connectivity index (χ1v) is 16.0. The van der Waals surface area contributed by atoms with Crippen LogP contribution in [0.15, 0.2) is 24.3 Å². The molecule has 1 aromatic carbocycles.